The molecular formula is C21H16N2OS. The molecule has 0 aliphatic rings. The lowest BCUT2D eigenvalue weighted by molar-refractivity contribution is 0.0993. The summed E-state index contributed by atoms with van der Waals surface area (Å²) in [5.74, 6) is -0.0568. The van der Waals surface area contributed by atoms with Crippen molar-refractivity contribution in [3.05, 3.63) is 84.4 Å². The number of rotatable bonds is 3. The number of anilines is 1. The molecule has 1 amide bonds. The van der Waals surface area contributed by atoms with E-state index in [2.05, 4.69) is 17.1 Å². The minimum absolute atomic E-state index is 0.0568. The lowest BCUT2D eigenvalue weighted by Crippen LogP contribution is -2.25. The first-order valence-electron chi connectivity index (χ1n) is 8.01. The number of fused-ring (bicyclic) bond motifs is 1. The minimum atomic E-state index is -0.0568. The van der Waals surface area contributed by atoms with Crippen molar-refractivity contribution in [1.82, 2.24) is 4.98 Å². The van der Waals surface area contributed by atoms with E-state index in [9.17, 15) is 4.79 Å². The molecule has 3 aromatic carbocycles. The van der Waals surface area contributed by atoms with Crippen LogP contribution in [0, 0.1) is 0 Å². The van der Waals surface area contributed by atoms with Crippen molar-refractivity contribution in [2.45, 2.75) is 0 Å². The fraction of sp³-hybridized carbons (Fsp3) is 0.0476. The molecule has 25 heavy (non-hydrogen) atoms. The van der Waals surface area contributed by atoms with Gasteiger partial charge in [-0.2, -0.15) is 0 Å². The van der Waals surface area contributed by atoms with Crippen LogP contribution in [0.3, 0.4) is 0 Å². The lowest BCUT2D eigenvalue weighted by atomic mass is 10.0. The van der Waals surface area contributed by atoms with Gasteiger partial charge in [0.2, 0.25) is 0 Å². The summed E-state index contributed by atoms with van der Waals surface area (Å²) in [4.78, 5) is 18.9. The quantitative estimate of drug-likeness (QED) is 0.509. The molecule has 0 bridgehead atoms. The SMILES string of the molecule is CN(C(=O)c1ccc(-c2ccccc2)cc1)c1nc2ccccc2s1. The van der Waals surface area contributed by atoms with Crippen LogP contribution in [0.2, 0.25) is 0 Å². The Balaban J connectivity index is 1.59. The molecule has 0 saturated carbocycles. The molecule has 0 radical (unpaired) electrons. The van der Waals surface area contributed by atoms with Gasteiger partial charge in [0.1, 0.15) is 0 Å². The smallest absolute Gasteiger partial charge is 0.259 e. The van der Waals surface area contributed by atoms with Gasteiger partial charge in [0.25, 0.3) is 5.91 Å². The van der Waals surface area contributed by atoms with Crippen LogP contribution < -0.4 is 4.90 Å². The molecule has 0 atom stereocenters. The van der Waals surface area contributed by atoms with Crippen molar-refractivity contribution in [2.24, 2.45) is 0 Å². The standard InChI is InChI=1S/C21H16N2OS/c1-23(21-22-18-9-5-6-10-19(18)25-21)20(24)17-13-11-16(12-14-17)15-7-3-2-4-8-15/h2-14H,1H3. The van der Waals surface area contributed by atoms with Crippen molar-refractivity contribution in [3.8, 4) is 11.1 Å². The molecule has 4 aromatic rings. The second-order valence-electron chi connectivity index (χ2n) is 5.77. The van der Waals surface area contributed by atoms with Gasteiger partial charge < -0.3 is 0 Å². The Hall–Kier alpha value is -2.98. The number of aromatic nitrogens is 1. The Kier molecular flexibility index (Phi) is 4.04. The number of amides is 1. The summed E-state index contributed by atoms with van der Waals surface area (Å²) in [6, 6.07) is 25.7. The van der Waals surface area contributed by atoms with Crippen molar-refractivity contribution in [3.63, 3.8) is 0 Å². The number of para-hydroxylation sites is 1. The van der Waals surface area contributed by atoms with Gasteiger partial charge in [-0.3, -0.25) is 9.69 Å². The van der Waals surface area contributed by atoms with Crippen LogP contribution in [0.15, 0.2) is 78.9 Å². The Morgan fingerprint density at radius 1 is 0.840 bits per heavy atom. The first kappa shape index (κ1) is 15.5. The molecule has 4 heteroatoms. The number of nitrogens with zero attached hydrogens (tertiary/aromatic N) is 2. The fourth-order valence-corrected chi connectivity index (χ4v) is 3.65. The third-order valence-electron chi connectivity index (χ3n) is 4.11. The number of hydrogen-bond donors (Lipinski definition) is 0. The summed E-state index contributed by atoms with van der Waals surface area (Å²) in [5, 5.41) is 0.707. The minimum Gasteiger partial charge on any atom is -0.287 e. The lowest BCUT2D eigenvalue weighted by Gasteiger charge is -2.14. The van der Waals surface area contributed by atoms with E-state index in [4.69, 9.17) is 0 Å². The second-order valence-corrected chi connectivity index (χ2v) is 6.78. The molecule has 0 aliphatic heterocycles. The average molecular weight is 344 g/mol. The molecule has 0 unspecified atom stereocenters. The first-order valence-corrected chi connectivity index (χ1v) is 8.83. The number of hydrogen-bond acceptors (Lipinski definition) is 3. The van der Waals surface area contributed by atoms with Crippen LogP contribution in [0.1, 0.15) is 10.4 Å². The first-order chi connectivity index (χ1) is 12.2. The normalized spacial score (nSPS) is 10.8. The van der Waals surface area contributed by atoms with E-state index >= 15 is 0 Å². The summed E-state index contributed by atoms with van der Waals surface area (Å²) >= 11 is 1.52. The third kappa shape index (κ3) is 3.04. The molecule has 1 aromatic heterocycles. The number of carbonyl (C=O) groups excluding carboxylic acids is 1. The Morgan fingerprint density at radius 3 is 2.20 bits per heavy atom. The van der Waals surface area contributed by atoms with Crippen LogP contribution >= 0.6 is 11.3 Å². The highest BCUT2D eigenvalue weighted by molar-refractivity contribution is 7.22. The van der Waals surface area contributed by atoms with Crippen LogP contribution in [0.4, 0.5) is 5.13 Å². The molecule has 0 saturated heterocycles. The molecular weight excluding hydrogens is 328 g/mol. The number of carbonyl (C=O) groups is 1. The van der Waals surface area contributed by atoms with Crippen LogP contribution in [-0.2, 0) is 0 Å². The van der Waals surface area contributed by atoms with Crippen molar-refractivity contribution < 1.29 is 4.79 Å². The van der Waals surface area contributed by atoms with Crippen LogP contribution in [0.25, 0.3) is 21.3 Å². The van der Waals surface area contributed by atoms with Gasteiger partial charge in [-0.05, 0) is 35.4 Å². The molecule has 4 rings (SSSR count). The predicted octanol–water partition coefficient (Wildman–Crippen LogP) is 5.24. The van der Waals surface area contributed by atoms with Gasteiger partial charge in [-0.15, -0.1) is 0 Å². The molecule has 3 nitrogen and oxygen atoms in total. The van der Waals surface area contributed by atoms with Gasteiger partial charge in [-0.25, -0.2) is 4.98 Å². The van der Waals surface area contributed by atoms with Crippen molar-refractivity contribution in [1.29, 1.82) is 0 Å². The summed E-state index contributed by atoms with van der Waals surface area (Å²) < 4.78 is 1.08. The van der Waals surface area contributed by atoms with Gasteiger partial charge in [0, 0.05) is 12.6 Å². The van der Waals surface area contributed by atoms with E-state index in [0.29, 0.717) is 10.7 Å². The molecule has 0 N–H and O–H groups in total. The second kappa shape index (κ2) is 6.49. The molecule has 122 valence electrons. The maximum absolute atomic E-state index is 12.8. The number of thiazole rings is 1. The Bertz CT molecular complexity index is 990. The Morgan fingerprint density at radius 2 is 1.48 bits per heavy atom. The van der Waals surface area contributed by atoms with E-state index in [1.54, 1.807) is 11.9 Å². The fourth-order valence-electron chi connectivity index (χ4n) is 2.72. The van der Waals surface area contributed by atoms with Crippen LogP contribution in [0.5, 0.6) is 0 Å². The number of benzene rings is 3. The molecule has 0 spiro atoms. The highest BCUT2D eigenvalue weighted by Gasteiger charge is 2.17. The monoisotopic (exact) mass is 344 g/mol. The summed E-state index contributed by atoms with van der Waals surface area (Å²) in [6.45, 7) is 0. The maximum Gasteiger partial charge on any atom is 0.259 e. The maximum atomic E-state index is 12.8. The van der Waals surface area contributed by atoms with E-state index < -0.39 is 0 Å². The van der Waals surface area contributed by atoms with E-state index in [1.165, 1.54) is 11.3 Å². The average Bonchev–Trinajstić information content (AvgIpc) is 3.12. The zero-order valence-electron chi connectivity index (χ0n) is 13.7. The van der Waals surface area contributed by atoms with Crippen molar-refractivity contribution >= 4 is 32.6 Å². The van der Waals surface area contributed by atoms with Crippen molar-refractivity contribution in [2.75, 3.05) is 11.9 Å². The molecule has 0 fully saturated rings. The summed E-state index contributed by atoms with van der Waals surface area (Å²) in [5.41, 5.74) is 3.81. The van der Waals surface area contributed by atoms with Gasteiger partial charge in [0.15, 0.2) is 5.13 Å². The highest BCUT2D eigenvalue weighted by atomic mass is 32.1. The molecule has 0 aliphatic carbocycles. The van der Waals surface area contributed by atoms with Crippen LogP contribution in [-0.4, -0.2) is 17.9 Å². The zero-order valence-corrected chi connectivity index (χ0v) is 14.5. The van der Waals surface area contributed by atoms with Gasteiger partial charge in [-0.1, -0.05) is 65.9 Å². The largest absolute Gasteiger partial charge is 0.287 e. The van der Waals surface area contributed by atoms with Gasteiger partial charge >= 0.3 is 0 Å². The van der Waals surface area contributed by atoms with E-state index in [1.807, 2.05) is 66.7 Å². The Labute approximate surface area is 150 Å². The van der Waals surface area contributed by atoms with E-state index in [-0.39, 0.29) is 5.91 Å². The van der Waals surface area contributed by atoms with Gasteiger partial charge in [0.05, 0.1) is 10.2 Å². The van der Waals surface area contributed by atoms with E-state index in [0.717, 1.165) is 21.3 Å². The highest BCUT2D eigenvalue weighted by Crippen LogP contribution is 2.29. The predicted molar refractivity (Wildman–Crippen MR) is 104 cm³/mol. The summed E-state index contributed by atoms with van der Waals surface area (Å²) in [6.07, 6.45) is 0. The molecule has 1 heterocycles. The topological polar surface area (TPSA) is 33.2 Å². The summed E-state index contributed by atoms with van der Waals surface area (Å²) in [7, 11) is 1.77. The zero-order chi connectivity index (χ0) is 17.2. The third-order valence-corrected chi connectivity index (χ3v) is 5.23.